The van der Waals surface area contributed by atoms with Crippen LogP contribution < -0.4 is 15.4 Å². The molecule has 1 saturated heterocycles. The highest BCUT2D eigenvalue weighted by Gasteiger charge is 2.30. The molecule has 1 saturated carbocycles. The molecule has 7 nitrogen and oxygen atoms in total. The summed E-state index contributed by atoms with van der Waals surface area (Å²) >= 11 is 0. The first-order chi connectivity index (χ1) is 13.3. The number of aliphatic imine (C=N–C) groups is 1. The van der Waals surface area contributed by atoms with Crippen LogP contribution in [-0.2, 0) is 11.3 Å². The van der Waals surface area contributed by atoms with Gasteiger partial charge in [-0.1, -0.05) is 18.9 Å². The molecular formula is C20H33N5O2. The van der Waals surface area contributed by atoms with E-state index in [0.29, 0.717) is 31.7 Å². The van der Waals surface area contributed by atoms with E-state index in [1.54, 1.807) is 7.11 Å². The molecule has 0 spiro atoms. The number of aromatic nitrogens is 1. The fraction of sp³-hybridized carbons (Fsp3) is 0.700. The molecule has 0 aromatic carbocycles. The van der Waals surface area contributed by atoms with E-state index >= 15 is 0 Å². The third-order valence-electron chi connectivity index (χ3n) is 5.42. The molecule has 1 aromatic rings. The molecule has 1 atom stereocenters. The summed E-state index contributed by atoms with van der Waals surface area (Å²) in [4.78, 5) is 11.4. The van der Waals surface area contributed by atoms with E-state index in [-0.39, 0.29) is 0 Å². The zero-order valence-electron chi connectivity index (χ0n) is 16.6. The van der Waals surface area contributed by atoms with Gasteiger partial charge in [0, 0.05) is 58.1 Å². The minimum absolute atomic E-state index is 0.478. The number of likely N-dealkylation sites (tertiary alicyclic amines) is 1. The minimum Gasteiger partial charge on any atom is -0.475 e. The normalized spacial score (nSPS) is 21.6. The fourth-order valence-electron chi connectivity index (χ4n) is 3.91. The SMILES string of the molecule is CN=C(NCc1ccc(OCCOC)nc1)NC1CCN(C2CCCC2)C1. The lowest BCUT2D eigenvalue weighted by Crippen LogP contribution is -2.45. The van der Waals surface area contributed by atoms with Gasteiger partial charge in [-0.15, -0.1) is 0 Å². The molecule has 2 aliphatic rings. The number of methoxy groups -OCH3 is 1. The van der Waals surface area contributed by atoms with Crippen LogP contribution in [0.25, 0.3) is 0 Å². The number of guanidine groups is 1. The van der Waals surface area contributed by atoms with E-state index in [9.17, 15) is 0 Å². The lowest BCUT2D eigenvalue weighted by Gasteiger charge is -2.24. The Morgan fingerprint density at radius 3 is 2.81 bits per heavy atom. The predicted molar refractivity (Wildman–Crippen MR) is 107 cm³/mol. The van der Waals surface area contributed by atoms with Gasteiger partial charge in [-0.3, -0.25) is 9.89 Å². The summed E-state index contributed by atoms with van der Waals surface area (Å²) in [6.45, 7) is 4.08. The van der Waals surface area contributed by atoms with Crippen molar-refractivity contribution < 1.29 is 9.47 Å². The summed E-state index contributed by atoms with van der Waals surface area (Å²) in [7, 11) is 3.48. The average molecular weight is 376 g/mol. The van der Waals surface area contributed by atoms with Gasteiger partial charge in [0.15, 0.2) is 5.96 Å². The van der Waals surface area contributed by atoms with E-state index in [1.165, 1.54) is 38.6 Å². The molecule has 2 N–H and O–H groups in total. The van der Waals surface area contributed by atoms with Crippen molar-refractivity contribution >= 4 is 5.96 Å². The molecule has 27 heavy (non-hydrogen) atoms. The molecule has 2 heterocycles. The molecule has 150 valence electrons. The molecule has 1 aliphatic heterocycles. The van der Waals surface area contributed by atoms with Crippen LogP contribution in [0.15, 0.2) is 23.3 Å². The summed E-state index contributed by atoms with van der Waals surface area (Å²) in [6, 6.07) is 5.19. The van der Waals surface area contributed by atoms with Crippen LogP contribution in [0.5, 0.6) is 5.88 Å². The quantitative estimate of drug-likeness (QED) is 0.410. The molecule has 0 radical (unpaired) electrons. The van der Waals surface area contributed by atoms with Gasteiger partial charge in [0.25, 0.3) is 0 Å². The lowest BCUT2D eigenvalue weighted by molar-refractivity contribution is 0.143. The van der Waals surface area contributed by atoms with Crippen LogP contribution in [0, 0.1) is 0 Å². The zero-order chi connectivity index (χ0) is 18.9. The van der Waals surface area contributed by atoms with Gasteiger partial charge in [0.05, 0.1) is 6.61 Å². The first kappa shape index (κ1) is 19.9. The van der Waals surface area contributed by atoms with Gasteiger partial charge in [-0.2, -0.15) is 0 Å². The lowest BCUT2D eigenvalue weighted by atomic mass is 10.2. The molecule has 1 aliphatic carbocycles. The van der Waals surface area contributed by atoms with Crippen LogP contribution >= 0.6 is 0 Å². The Labute approximate surface area is 162 Å². The number of nitrogens with zero attached hydrogens (tertiary/aromatic N) is 3. The van der Waals surface area contributed by atoms with Crippen LogP contribution in [-0.4, -0.2) is 68.4 Å². The van der Waals surface area contributed by atoms with Gasteiger partial charge in [0.1, 0.15) is 6.61 Å². The van der Waals surface area contributed by atoms with Crippen LogP contribution in [0.3, 0.4) is 0 Å². The summed E-state index contributed by atoms with van der Waals surface area (Å²) in [5, 5.41) is 6.96. The van der Waals surface area contributed by atoms with Gasteiger partial charge in [-0.25, -0.2) is 4.98 Å². The van der Waals surface area contributed by atoms with E-state index in [4.69, 9.17) is 9.47 Å². The maximum absolute atomic E-state index is 5.49. The topological polar surface area (TPSA) is 71.0 Å². The molecular weight excluding hydrogens is 342 g/mol. The maximum Gasteiger partial charge on any atom is 0.213 e. The van der Waals surface area contributed by atoms with Crippen molar-refractivity contribution in [1.82, 2.24) is 20.5 Å². The van der Waals surface area contributed by atoms with Crippen LogP contribution in [0.2, 0.25) is 0 Å². The molecule has 1 aromatic heterocycles. The summed E-state index contributed by atoms with van der Waals surface area (Å²) in [6.07, 6.45) is 8.56. The van der Waals surface area contributed by atoms with Crippen molar-refractivity contribution in [3.63, 3.8) is 0 Å². The average Bonchev–Trinajstić information content (AvgIpc) is 3.38. The van der Waals surface area contributed by atoms with Crippen molar-refractivity contribution in [3.05, 3.63) is 23.9 Å². The summed E-state index contributed by atoms with van der Waals surface area (Å²) in [5.41, 5.74) is 1.09. The summed E-state index contributed by atoms with van der Waals surface area (Å²) in [5.74, 6) is 1.48. The molecule has 2 fully saturated rings. The van der Waals surface area contributed by atoms with Crippen molar-refractivity contribution in [2.75, 3.05) is 40.5 Å². The molecule has 7 heteroatoms. The largest absolute Gasteiger partial charge is 0.475 e. The standard InChI is InChI=1S/C20H33N5O2/c1-21-20(24-17-9-10-25(15-17)18-5-3-4-6-18)23-14-16-7-8-19(22-13-16)27-12-11-26-2/h7-8,13,17-18H,3-6,9-12,14-15H2,1-2H3,(H2,21,23,24). The summed E-state index contributed by atoms with van der Waals surface area (Å²) < 4.78 is 10.5. The Bertz CT molecular complexity index is 587. The van der Waals surface area contributed by atoms with Crippen molar-refractivity contribution in [2.45, 2.75) is 50.7 Å². The van der Waals surface area contributed by atoms with Crippen molar-refractivity contribution in [3.8, 4) is 5.88 Å². The smallest absolute Gasteiger partial charge is 0.213 e. The van der Waals surface area contributed by atoms with Crippen LogP contribution in [0.4, 0.5) is 0 Å². The monoisotopic (exact) mass is 375 g/mol. The second-order valence-electron chi connectivity index (χ2n) is 7.33. The minimum atomic E-state index is 0.478. The number of nitrogens with one attached hydrogen (secondary N) is 2. The Balaban J connectivity index is 1.40. The van der Waals surface area contributed by atoms with Gasteiger partial charge >= 0.3 is 0 Å². The third-order valence-corrected chi connectivity index (χ3v) is 5.42. The molecule has 3 rings (SSSR count). The van der Waals surface area contributed by atoms with E-state index < -0.39 is 0 Å². The second kappa shape index (κ2) is 10.5. The molecule has 1 unspecified atom stereocenters. The first-order valence-corrected chi connectivity index (χ1v) is 10.1. The van der Waals surface area contributed by atoms with Gasteiger partial charge < -0.3 is 20.1 Å². The van der Waals surface area contributed by atoms with E-state index in [1.807, 2.05) is 25.4 Å². The number of rotatable bonds is 8. The van der Waals surface area contributed by atoms with Gasteiger partial charge in [0.2, 0.25) is 5.88 Å². The predicted octanol–water partition coefficient (Wildman–Crippen LogP) is 1.79. The highest BCUT2D eigenvalue weighted by molar-refractivity contribution is 5.80. The second-order valence-corrected chi connectivity index (χ2v) is 7.33. The van der Waals surface area contributed by atoms with Crippen molar-refractivity contribution in [1.29, 1.82) is 0 Å². The first-order valence-electron chi connectivity index (χ1n) is 10.1. The molecule has 0 bridgehead atoms. The molecule has 0 amide bonds. The zero-order valence-corrected chi connectivity index (χ0v) is 16.6. The number of pyridine rings is 1. The van der Waals surface area contributed by atoms with E-state index in [0.717, 1.165) is 24.1 Å². The van der Waals surface area contributed by atoms with Gasteiger partial charge in [-0.05, 0) is 24.8 Å². The van der Waals surface area contributed by atoms with Crippen molar-refractivity contribution in [2.24, 2.45) is 4.99 Å². The Morgan fingerprint density at radius 2 is 2.11 bits per heavy atom. The number of ether oxygens (including phenoxy) is 2. The Morgan fingerprint density at radius 1 is 1.26 bits per heavy atom. The number of hydrogen-bond acceptors (Lipinski definition) is 5. The Hall–Kier alpha value is -1.86. The van der Waals surface area contributed by atoms with Crippen LogP contribution in [0.1, 0.15) is 37.7 Å². The number of hydrogen-bond donors (Lipinski definition) is 2. The third kappa shape index (κ3) is 6.07. The highest BCUT2D eigenvalue weighted by atomic mass is 16.5. The highest BCUT2D eigenvalue weighted by Crippen LogP contribution is 2.26. The maximum atomic E-state index is 5.49. The fourth-order valence-corrected chi connectivity index (χ4v) is 3.91. The van der Waals surface area contributed by atoms with E-state index in [2.05, 4.69) is 25.5 Å². The Kier molecular flexibility index (Phi) is 7.71.